The lowest BCUT2D eigenvalue weighted by molar-refractivity contribution is 0.699. The van der Waals surface area contributed by atoms with Crippen molar-refractivity contribution in [2.24, 2.45) is 5.92 Å². The van der Waals surface area contributed by atoms with Gasteiger partial charge in [0.2, 0.25) is 0 Å². The van der Waals surface area contributed by atoms with Gasteiger partial charge in [0.15, 0.2) is 0 Å². The van der Waals surface area contributed by atoms with E-state index in [1.165, 1.54) is 12.8 Å². The maximum atomic E-state index is 4.88. The number of aromatic nitrogens is 4. The van der Waals surface area contributed by atoms with Crippen molar-refractivity contribution < 1.29 is 0 Å². The molecule has 0 saturated heterocycles. The third-order valence-electron chi connectivity index (χ3n) is 5.44. The minimum absolute atomic E-state index is 0.809. The second-order valence-corrected chi connectivity index (χ2v) is 8.00. The molecule has 1 aromatic carbocycles. The molecule has 0 amide bonds. The Kier molecular flexibility index (Phi) is 5.00. The van der Waals surface area contributed by atoms with Gasteiger partial charge in [-0.15, -0.1) is 0 Å². The van der Waals surface area contributed by atoms with Crippen LogP contribution in [0.1, 0.15) is 49.2 Å². The normalized spacial score (nSPS) is 13.9. The number of para-hydroxylation sites is 1. The van der Waals surface area contributed by atoms with Gasteiger partial charge in [-0.1, -0.05) is 19.1 Å². The number of aryl methyl sites for hydroxylation is 4. The molecule has 0 bridgehead atoms. The number of anilines is 1. The van der Waals surface area contributed by atoms with Crippen LogP contribution in [0.15, 0.2) is 18.2 Å². The fourth-order valence-corrected chi connectivity index (χ4v) is 4.13. The molecule has 1 aliphatic carbocycles. The minimum Gasteiger partial charge on any atom is -0.356 e. The molecule has 0 radical (unpaired) electrons. The van der Waals surface area contributed by atoms with Gasteiger partial charge in [0.25, 0.3) is 0 Å². The van der Waals surface area contributed by atoms with Crippen molar-refractivity contribution in [2.75, 3.05) is 18.0 Å². The summed E-state index contributed by atoms with van der Waals surface area (Å²) < 4.78 is 0. The summed E-state index contributed by atoms with van der Waals surface area (Å²) in [5, 5.41) is 1.12. The molecule has 5 heteroatoms. The summed E-state index contributed by atoms with van der Waals surface area (Å²) in [5.74, 6) is 3.51. The van der Waals surface area contributed by atoms with Gasteiger partial charge in [-0.3, -0.25) is 0 Å². The first-order valence-electron chi connectivity index (χ1n) is 10.3. The van der Waals surface area contributed by atoms with Crippen LogP contribution in [0.25, 0.3) is 22.0 Å². The van der Waals surface area contributed by atoms with Gasteiger partial charge >= 0.3 is 0 Å². The number of hydrogen-bond acceptors (Lipinski definition) is 5. The molecule has 0 spiro atoms. The summed E-state index contributed by atoms with van der Waals surface area (Å²) in [6.07, 6.45) is 3.79. The first-order chi connectivity index (χ1) is 13.5. The Hall–Kier alpha value is -2.56. The predicted molar refractivity (Wildman–Crippen MR) is 115 cm³/mol. The Labute approximate surface area is 167 Å². The Morgan fingerprint density at radius 2 is 1.61 bits per heavy atom. The van der Waals surface area contributed by atoms with Crippen molar-refractivity contribution in [3.05, 3.63) is 41.2 Å². The molecular weight excluding hydrogens is 346 g/mol. The molecule has 28 heavy (non-hydrogen) atoms. The Balaban J connectivity index is 1.92. The average molecular weight is 376 g/mol. The molecule has 3 aromatic rings. The van der Waals surface area contributed by atoms with Crippen LogP contribution in [0.2, 0.25) is 0 Å². The summed E-state index contributed by atoms with van der Waals surface area (Å²) >= 11 is 0. The van der Waals surface area contributed by atoms with Gasteiger partial charge in [-0.2, -0.15) is 0 Å². The second-order valence-electron chi connectivity index (χ2n) is 8.00. The van der Waals surface area contributed by atoms with E-state index in [1.807, 2.05) is 13.8 Å². The molecule has 2 aromatic heterocycles. The highest BCUT2D eigenvalue weighted by atomic mass is 15.2. The highest BCUT2D eigenvalue weighted by molar-refractivity contribution is 6.00. The van der Waals surface area contributed by atoms with E-state index >= 15 is 0 Å². The maximum absolute atomic E-state index is 4.88. The van der Waals surface area contributed by atoms with Crippen LogP contribution in [0, 0.1) is 33.6 Å². The van der Waals surface area contributed by atoms with Gasteiger partial charge in [0.1, 0.15) is 17.5 Å². The summed E-state index contributed by atoms with van der Waals surface area (Å²) in [6, 6.07) is 6.40. The zero-order chi connectivity index (χ0) is 19.8. The van der Waals surface area contributed by atoms with Crippen LogP contribution < -0.4 is 4.90 Å². The first kappa shape index (κ1) is 18.8. The highest BCUT2D eigenvalue weighted by Crippen LogP contribution is 2.36. The average Bonchev–Trinajstić information content (AvgIpc) is 3.44. The third-order valence-corrected chi connectivity index (χ3v) is 5.44. The second kappa shape index (κ2) is 7.46. The SMILES string of the molecule is CCCN(CC1CC1)c1nc(C)nc2c(-c3c(C)nc(C)nc3C)cccc12. The molecule has 146 valence electrons. The van der Waals surface area contributed by atoms with E-state index in [1.54, 1.807) is 0 Å². The zero-order valence-electron chi connectivity index (χ0n) is 17.6. The lowest BCUT2D eigenvalue weighted by Crippen LogP contribution is -2.28. The monoisotopic (exact) mass is 375 g/mol. The standard InChI is InChI=1S/C23H29N5/c1-6-12-28(13-18-10-11-18)23-20-9-7-8-19(22(20)26-17(5)27-23)21-14(2)24-16(4)25-15(21)3/h7-9,18H,6,10-13H2,1-5H3. The molecule has 0 aliphatic heterocycles. The van der Waals surface area contributed by atoms with Crippen LogP contribution in [-0.2, 0) is 0 Å². The topological polar surface area (TPSA) is 54.8 Å². The number of rotatable bonds is 6. The van der Waals surface area contributed by atoms with E-state index in [2.05, 4.69) is 53.8 Å². The van der Waals surface area contributed by atoms with Gasteiger partial charge in [-0.05, 0) is 58.9 Å². The summed E-state index contributed by atoms with van der Waals surface area (Å²) in [5.41, 5.74) is 5.18. The van der Waals surface area contributed by atoms with Crippen molar-refractivity contribution in [1.82, 2.24) is 19.9 Å². The summed E-state index contributed by atoms with van der Waals surface area (Å²) in [4.78, 5) is 21.4. The van der Waals surface area contributed by atoms with Crippen LogP contribution in [-0.4, -0.2) is 33.0 Å². The van der Waals surface area contributed by atoms with E-state index in [4.69, 9.17) is 9.97 Å². The van der Waals surface area contributed by atoms with Crippen molar-refractivity contribution in [3.8, 4) is 11.1 Å². The van der Waals surface area contributed by atoms with E-state index in [0.717, 1.165) is 76.3 Å². The molecule has 0 N–H and O–H groups in total. The van der Waals surface area contributed by atoms with E-state index < -0.39 is 0 Å². The quantitative estimate of drug-likeness (QED) is 0.610. The van der Waals surface area contributed by atoms with Crippen LogP contribution in [0.5, 0.6) is 0 Å². The van der Waals surface area contributed by atoms with Crippen molar-refractivity contribution in [1.29, 1.82) is 0 Å². The minimum atomic E-state index is 0.809. The fraction of sp³-hybridized carbons (Fsp3) is 0.478. The lowest BCUT2D eigenvalue weighted by atomic mass is 9.99. The fourth-order valence-electron chi connectivity index (χ4n) is 4.13. The molecule has 5 nitrogen and oxygen atoms in total. The molecule has 0 unspecified atom stereocenters. The van der Waals surface area contributed by atoms with Gasteiger partial charge < -0.3 is 4.90 Å². The summed E-state index contributed by atoms with van der Waals surface area (Å²) in [6.45, 7) is 12.4. The third kappa shape index (κ3) is 3.58. The predicted octanol–water partition coefficient (Wildman–Crippen LogP) is 4.95. The van der Waals surface area contributed by atoms with Crippen molar-refractivity contribution in [3.63, 3.8) is 0 Å². The molecule has 4 rings (SSSR count). The van der Waals surface area contributed by atoms with Gasteiger partial charge in [0.05, 0.1) is 5.52 Å². The molecule has 1 aliphatic rings. The summed E-state index contributed by atoms with van der Waals surface area (Å²) in [7, 11) is 0. The first-order valence-corrected chi connectivity index (χ1v) is 10.3. The van der Waals surface area contributed by atoms with Crippen molar-refractivity contribution >= 4 is 16.7 Å². The van der Waals surface area contributed by atoms with Crippen LogP contribution in [0.3, 0.4) is 0 Å². The number of hydrogen-bond donors (Lipinski definition) is 0. The molecule has 1 fully saturated rings. The lowest BCUT2D eigenvalue weighted by Gasteiger charge is -2.25. The molecule has 0 atom stereocenters. The van der Waals surface area contributed by atoms with E-state index in [9.17, 15) is 0 Å². The van der Waals surface area contributed by atoms with Gasteiger partial charge in [0, 0.05) is 41.0 Å². The Morgan fingerprint density at radius 3 is 2.25 bits per heavy atom. The molecule has 2 heterocycles. The number of fused-ring (bicyclic) bond motifs is 1. The Bertz CT molecular complexity index is 1000. The highest BCUT2D eigenvalue weighted by Gasteiger charge is 2.26. The Morgan fingerprint density at radius 1 is 0.929 bits per heavy atom. The van der Waals surface area contributed by atoms with E-state index in [0.29, 0.717) is 0 Å². The number of benzene rings is 1. The largest absolute Gasteiger partial charge is 0.356 e. The van der Waals surface area contributed by atoms with Gasteiger partial charge in [-0.25, -0.2) is 19.9 Å². The van der Waals surface area contributed by atoms with Crippen LogP contribution >= 0.6 is 0 Å². The van der Waals surface area contributed by atoms with Crippen LogP contribution in [0.4, 0.5) is 5.82 Å². The zero-order valence-corrected chi connectivity index (χ0v) is 17.6. The van der Waals surface area contributed by atoms with E-state index in [-0.39, 0.29) is 0 Å². The maximum Gasteiger partial charge on any atom is 0.140 e. The smallest absolute Gasteiger partial charge is 0.140 e. The number of nitrogens with zero attached hydrogens (tertiary/aromatic N) is 5. The molecular formula is C23H29N5. The molecule has 1 saturated carbocycles. The van der Waals surface area contributed by atoms with Crippen molar-refractivity contribution in [2.45, 2.75) is 53.9 Å².